The summed E-state index contributed by atoms with van der Waals surface area (Å²) in [5.74, 6) is -0.853. The van der Waals surface area contributed by atoms with Crippen molar-refractivity contribution in [3.05, 3.63) is 10.4 Å². The predicted molar refractivity (Wildman–Crippen MR) is 152 cm³/mol. The second-order valence-electron chi connectivity index (χ2n) is 13.2. The monoisotopic (exact) mass is 563 g/mol. The number of hydrogen-bond donors (Lipinski definition) is 2. The van der Waals surface area contributed by atoms with E-state index in [1.54, 1.807) is 32.6 Å². The average molecular weight is 564 g/mol. The van der Waals surface area contributed by atoms with E-state index in [0.29, 0.717) is 19.4 Å². The van der Waals surface area contributed by atoms with Crippen LogP contribution in [0.1, 0.15) is 93.4 Å². The van der Waals surface area contributed by atoms with Crippen molar-refractivity contribution in [2.75, 3.05) is 20.1 Å². The zero-order chi connectivity index (χ0) is 30.3. The maximum Gasteiger partial charge on any atom is 0.410 e. The van der Waals surface area contributed by atoms with E-state index < -0.39 is 41.1 Å². The van der Waals surface area contributed by atoms with E-state index in [9.17, 15) is 19.2 Å². The van der Waals surface area contributed by atoms with Crippen LogP contribution >= 0.6 is 0 Å². The lowest BCUT2D eigenvalue weighted by Crippen LogP contribution is -2.60. The fraction of sp³-hybridized carbons (Fsp3) is 0.857. The molecule has 12 nitrogen and oxygen atoms in total. The van der Waals surface area contributed by atoms with Gasteiger partial charge < -0.3 is 20.3 Å². The minimum absolute atomic E-state index is 0.178. The molecule has 0 aromatic carbocycles. The molecule has 1 heterocycles. The molecule has 0 bridgehead atoms. The number of azide groups is 1. The quantitative estimate of drug-likeness (QED) is 0.245. The Labute approximate surface area is 238 Å². The molecule has 1 aliphatic heterocycles. The molecule has 1 aliphatic carbocycles. The number of hydrogen-bond acceptors (Lipinski definition) is 6. The van der Waals surface area contributed by atoms with Crippen molar-refractivity contribution in [2.24, 2.45) is 16.4 Å². The molecule has 2 rings (SSSR count). The van der Waals surface area contributed by atoms with Crippen molar-refractivity contribution in [3.8, 4) is 0 Å². The van der Waals surface area contributed by atoms with Crippen LogP contribution in [0.5, 0.6) is 0 Å². The van der Waals surface area contributed by atoms with Gasteiger partial charge in [-0.15, -0.1) is 0 Å². The fourth-order valence-corrected chi connectivity index (χ4v) is 5.30. The molecule has 4 amide bonds. The lowest BCUT2D eigenvalue weighted by atomic mass is 9.83. The molecule has 0 unspecified atom stereocenters. The highest BCUT2D eigenvalue weighted by Gasteiger charge is 2.43. The van der Waals surface area contributed by atoms with Crippen LogP contribution in [0.2, 0.25) is 0 Å². The van der Waals surface area contributed by atoms with E-state index in [2.05, 4.69) is 20.7 Å². The number of nitrogens with zero attached hydrogens (tertiary/aromatic N) is 5. The summed E-state index contributed by atoms with van der Waals surface area (Å²) in [6.07, 6.45) is 5.79. The molecule has 0 radical (unpaired) electrons. The maximum absolute atomic E-state index is 13.9. The molecular formula is C28H49N7O5. The van der Waals surface area contributed by atoms with Gasteiger partial charge in [0.25, 0.3) is 0 Å². The Bertz CT molecular complexity index is 961. The SMILES string of the molecule is C[C@@H](C(=O)N[C@H](C(=O)N1CCC[C@H]1C(=O)N[C@H](CN=[N+]=[N-])C1CCCCC1)C(C)(C)C)N(C)C(=O)OC(C)(C)C. The van der Waals surface area contributed by atoms with E-state index in [0.717, 1.165) is 32.1 Å². The van der Waals surface area contributed by atoms with Crippen molar-refractivity contribution >= 4 is 23.8 Å². The summed E-state index contributed by atoms with van der Waals surface area (Å²) in [4.78, 5) is 58.7. The molecule has 12 heteroatoms. The zero-order valence-corrected chi connectivity index (χ0v) is 25.5. The van der Waals surface area contributed by atoms with Crippen LogP contribution in [0.3, 0.4) is 0 Å². The number of ether oxygens (including phenoxy) is 1. The number of nitrogens with one attached hydrogen (secondary N) is 2. The normalized spacial score (nSPS) is 20.5. The zero-order valence-electron chi connectivity index (χ0n) is 25.5. The topological polar surface area (TPSA) is 157 Å². The summed E-state index contributed by atoms with van der Waals surface area (Å²) in [5.41, 5.74) is 7.49. The molecule has 226 valence electrons. The maximum atomic E-state index is 13.9. The highest BCUT2D eigenvalue weighted by atomic mass is 16.6. The third kappa shape index (κ3) is 9.28. The van der Waals surface area contributed by atoms with Gasteiger partial charge in [0.05, 0.1) is 0 Å². The molecule has 1 saturated carbocycles. The van der Waals surface area contributed by atoms with Gasteiger partial charge in [0.15, 0.2) is 0 Å². The van der Waals surface area contributed by atoms with Crippen molar-refractivity contribution < 1.29 is 23.9 Å². The Morgan fingerprint density at radius 1 is 1.02 bits per heavy atom. The number of likely N-dealkylation sites (tertiary alicyclic amines) is 1. The van der Waals surface area contributed by atoms with Gasteiger partial charge in [-0.05, 0) is 70.2 Å². The molecule has 4 atom stereocenters. The molecule has 0 aromatic heterocycles. The molecule has 0 spiro atoms. The first-order valence-corrected chi connectivity index (χ1v) is 14.4. The standard InChI is InChI=1S/C28H49N7O5/c1-18(34(8)26(39)40-28(5,6)7)23(36)32-22(27(2,3)4)25(38)35-16-12-15-21(35)24(37)31-20(17-30-33-29)19-13-10-9-11-14-19/h18-22H,9-17H2,1-8H3,(H,31,37)(H,32,36)/t18-,20+,21-,22+/m0/s1. The van der Waals surface area contributed by atoms with E-state index in [1.165, 1.54) is 11.9 Å². The van der Waals surface area contributed by atoms with E-state index in [-0.39, 0.29) is 30.3 Å². The highest BCUT2D eigenvalue weighted by Crippen LogP contribution is 2.29. The molecule has 40 heavy (non-hydrogen) atoms. The van der Waals surface area contributed by atoms with Crippen molar-refractivity contribution in [1.29, 1.82) is 0 Å². The molecule has 0 aromatic rings. The van der Waals surface area contributed by atoms with Crippen molar-refractivity contribution in [1.82, 2.24) is 20.4 Å². The number of carbonyl (C=O) groups is 4. The van der Waals surface area contributed by atoms with Gasteiger partial charge in [0.1, 0.15) is 23.7 Å². The Balaban J connectivity index is 2.16. The molecule has 2 N–H and O–H groups in total. The largest absolute Gasteiger partial charge is 0.444 e. The van der Waals surface area contributed by atoms with Gasteiger partial charge in [-0.25, -0.2) is 4.79 Å². The summed E-state index contributed by atoms with van der Waals surface area (Å²) in [6.45, 7) is 12.9. The van der Waals surface area contributed by atoms with Crippen LogP contribution in [-0.2, 0) is 19.1 Å². The van der Waals surface area contributed by atoms with E-state index >= 15 is 0 Å². The number of amides is 4. The Morgan fingerprint density at radius 3 is 2.20 bits per heavy atom. The third-order valence-electron chi connectivity index (χ3n) is 7.77. The minimum Gasteiger partial charge on any atom is -0.444 e. The van der Waals surface area contributed by atoms with Crippen LogP contribution in [0.25, 0.3) is 10.4 Å². The Hall–Kier alpha value is -3.01. The molecule has 2 aliphatic rings. The minimum atomic E-state index is -0.916. The smallest absolute Gasteiger partial charge is 0.410 e. The van der Waals surface area contributed by atoms with Crippen LogP contribution in [0.4, 0.5) is 4.79 Å². The van der Waals surface area contributed by atoms with Crippen LogP contribution in [0.15, 0.2) is 5.11 Å². The summed E-state index contributed by atoms with van der Waals surface area (Å²) >= 11 is 0. The van der Waals surface area contributed by atoms with E-state index in [1.807, 2.05) is 20.8 Å². The van der Waals surface area contributed by atoms with Gasteiger partial charge in [-0.2, -0.15) is 0 Å². The molecule has 2 fully saturated rings. The van der Waals surface area contributed by atoms with Crippen LogP contribution < -0.4 is 10.6 Å². The first-order valence-electron chi connectivity index (χ1n) is 14.4. The van der Waals surface area contributed by atoms with Crippen LogP contribution in [-0.4, -0.2) is 83.5 Å². The van der Waals surface area contributed by atoms with Crippen LogP contribution in [0, 0.1) is 11.3 Å². The average Bonchev–Trinajstić information content (AvgIpc) is 3.37. The Morgan fingerprint density at radius 2 is 1.65 bits per heavy atom. The van der Waals surface area contributed by atoms with Gasteiger partial charge in [0.2, 0.25) is 17.7 Å². The first kappa shape index (κ1) is 33.2. The lowest BCUT2D eigenvalue weighted by molar-refractivity contribution is -0.144. The van der Waals surface area contributed by atoms with Gasteiger partial charge in [0, 0.05) is 31.1 Å². The summed E-state index contributed by atoms with van der Waals surface area (Å²) in [7, 11) is 1.48. The van der Waals surface area contributed by atoms with Gasteiger partial charge >= 0.3 is 6.09 Å². The highest BCUT2D eigenvalue weighted by molar-refractivity contribution is 5.94. The summed E-state index contributed by atoms with van der Waals surface area (Å²) < 4.78 is 5.37. The van der Waals surface area contributed by atoms with Gasteiger partial charge in [-0.3, -0.25) is 19.3 Å². The lowest BCUT2D eigenvalue weighted by Gasteiger charge is -2.37. The number of carbonyl (C=O) groups excluding carboxylic acids is 4. The predicted octanol–water partition coefficient (Wildman–Crippen LogP) is 4.14. The van der Waals surface area contributed by atoms with Gasteiger partial charge in [-0.1, -0.05) is 45.1 Å². The molecule has 1 saturated heterocycles. The molecular weight excluding hydrogens is 514 g/mol. The third-order valence-corrected chi connectivity index (χ3v) is 7.77. The van der Waals surface area contributed by atoms with Crippen molar-refractivity contribution in [2.45, 2.75) is 123 Å². The van der Waals surface area contributed by atoms with E-state index in [4.69, 9.17) is 10.3 Å². The number of rotatable bonds is 9. The summed E-state index contributed by atoms with van der Waals surface area (Å²) in [5, 5.41) is 9.67. The first-order chi connectivity index (χ1) is 18.6. The number of likely N-dealkylation sites (N-methyl/N-ethyl adjacent to an activating group) is 1. The second-order valence-corrected chi connectivity index (χ2v) is 13.2. The second kappa shape index (κ2) is 14.1. The Kier molecular flexibility index (Phi) is 11.7. The summed E-state index contributed by atoms with van der Waals surface area (Å²) in [6, 6.07) is -2.75. The van der Waals surface area contributed by atoms with Crippen molar-refractivity contribution in [3.63, 3.8) is 0 Å². The fourth-order valence-electron chi connectivity index (χ4n) is 5.30.